The quantitative estimate of drug-likeness (QED) is 0.553. The number of phenols is 1. The molecular weight excluding hydrogens is 193 g/mol. The minimum atomic E-state index is -0.303. The van der Waals surface area contributed by atoms with Gasteiger partial charge in [0.25, 0.3) is 0 Å². The Labute approximate surface area is 86.8 Å². The average Bonchev–Trinajstić information content (AvgIpc) is 2.23. The second-order valence-electron chi connectivity index (χ2n) is 3.25. The number of benzene rings is 2. The SMILES string of the molecule is Nc1cc(-c2ccccc2F)ccc1O. The third-order valence-corrected chi connectivity index (χ3v) is 2.21. The van der Waals surface area contributed by atoms with Gasteiger partial charge in [-0.3, -0.25) is 0 Å². The number of nitrogens with two attached hydrogens (primary N) is 1. The summed E-state index contributed by atoms with van der Waals surface area (Å²) in [5, 5.41) is 9.24. The number of aromatic hydroxyl groups is 1. The van der Waals surface area contributed by atoms with Crippen molar-refractivity contribution in [2.45, 2.75) is 0 Å². The van der Waals surface area contributed by atoms with Crippen molar-refractivity contribution in [3.63, 3.8) is 0 Å². The van der Waals surface area contributed by atoms with Crippen molar-refractivity contribution < 1.29 is 9.50 Å². The molecule has 0 aliphatic rings. The normalized spacial score (nSPS) is 10.2. The molecule has 15 heavy (non-hydrogen) atoms. The second-order valence-corrected chi connectivity index (χ2v) is 3.25. The van der Waals surface area contributed by atoms with Gasteiger partial charge in [-0.2, -0.15) is 0 Å². The van der Waals surface area contributed by atoms with Gasteiger partial charge in [0.2, 0.25) is 0 Å². The maximum atomic E-state index is 13.4. The summed E-state index contributed by atoms with van der Waals surface area (Å²) in [4.78, 5) is 0. The van der Waals surface area contributed by atoms with E-state index < -0.39 is 0 Å². The maximum absolute atomic E-state index is 13.4. The molecule has 2 aromatic carbocycles. The minimum Gasteiger partial charge on any atom is -0.506 e. The zero-order chi connectivity index (χ0) is 10.8. The van der Waals surface area contributed by atoms with Crippen molar-refractivity contribution in [1.82, 2.24) is 0 Å². The van der Waals surface area contributed by atoms with Crippen LogP contribution in [-0.2, 0) is 0 Å². The third-order valence-electron chi connectivity index (χ3n) is 2.21. The highest BCUT2D eigenvalue weighted by Gasteiger charge is 2.05. The van der Waals surface area contributed by atoms with E-state index in [4.69, 9.17) is 5.73 Å². The third kappa shape index (κ3) is 1.76. The summed E-state index contributed by atoms with van der Waals surface area (Å²) in [6.07, 6.45) is 0. The van der Waals surface area contributed by atoms with Gasteiger partial charge < -0.3 is 10.8 Å². The van der Waals surface area contributed by atoms with Crippen LogP contribution >= 0.6 is 0 Å². The Morgan fingerprint density at radius 3 is 2.47 bits per heavy atom. The summed E-state index contributed by atoms with van der Waals surface area (Å²) in [5.74, 6) is -0.294. The van der Waals surface area contributed by atoms with Crippen LogP contribution in [0.5, 0.6) is 5.75 Å². The molecule has 0 aliphatic heterocycles. The van der Waals surface area contributed by atoms with Crippen LogP contribution in [0.15, 0.2) is 42.5 Å². The summed E-state index contributed by atoms with van der Waals surface area (Å²) < 4.78 is 13.4. The molecule has 0 bridgehead atoms. The van der Waals surface area contributed by atoms with Crippen LogP contribution in [0.3, 0.4) is 0 Å². The van der Waals surface area contributed by atoms with Gasteiger partial charge in [-0.1, -0.05) is 24.3 Å². The number of anilines is 1. The second kappa shape index (κ2) is 3.61. The Bertz CT molecular complexity index is 497. The van der Waals surface area contributed by atoms with Crippen LogP contribution in [0.25, 0.3) is 11.1 Å². The number of hydrogen-bond donors (Lipinski definition) is 2. The molecule has 3 heteroatoms. The lowest BCUT2D eigenvalue weighted by Crippen LogP contribution is -1.88. The predicted octanol–water partition coefficient (Wildman–Crippen LogP) is 2.78. The van der Waals surface area contributed by atoms with Crippen LogP contribution in [0.4, 0.5) is 10.1 Å². The first-order valence-corrected chi connectivity index (χ1v) is 4.52. The highest BCUT2D eigenvalue weighted by molar-refractivity contribution is 5.70. The smallest absolute Gasteiger partial charge is 0.138 e. The van der Waals surface area contributed by atoms with Crippen molar-refractivity contribution in [3.05, 3.63) is 48.3 Å². The van der Waals surface area contributed by atoms with E-state index in [-0.39, 0.29) is 17.3 Å². The van der Waals surface area contributed by atoms with Gasteiger partial charge in [0.15, 0.2) is 0 Å². The molecule has 0 atom stereocenters. The van der Waals surface area contributed by atoms with E-state index >= 15 is 0 Å². The fourth-order valence-electron chi connectivity index (χ4n) is 1.42. The molecule has 3 N–H and O–H groups in total. The van der Waals surface area contributed by atoms with E-state index in [1.165, 1.54) is 12.1 Å². The summed E-state index contributed by atoms with van der Waals surface area (Å²) >= 11 is 0. The molecule has 2 nitrogen and oxygen atoms in total. The van der Waals surface area contributed by atoms with Crippen molar-refractivity contribution >= 4 is 5.69 Å². The summed E-state index contributed by atoms with van der Waals surface area (Å²) in [7, 11) is 0. The molecule has 0 radical (unpaired) electrons. The first-order valence-electron chi connectivity index (χ1n) is 4.52. The van der Waals surface area contributed by atoms with Gasteiger partial charge in [0.1, 0.15) is 11.6 Å². The molecule has 2 rings (SSSR count). The lowest BCUT2D eigenvalue weighted by Gasteiger charge is -2.05. The molecule has 0 amide bonds. The van der Waals surface area contributed by atoms with Crippen molar-refractivity contribution in [2.75, 3.05) is 5.73 Å². The van der Waals surface area contributed by atoms with E-state index in [1.807, 2.05) is 0 Å². The molecular formula is C12H10FNO. The fraction of sp³-hybridized carbons (Fsp3) is 0. The standard InChI is InChI=1S/C12H10FNO/c13-10-4-2-1-3-9(10)8-5-6-12(15)11(14)7-8/h1-7,15H,14H2. The maximum Gasteiger partial charge on any atom is 0.138 e. The Morgan fingerprint density at radius 1 is 1.07 bits per heavy atom. The topological polar surface area (TPSA) is 46.2 Å². The Hall–Kier alpha value is -2.03. The lowest BCUT2D eigenvalue weighted by molar-refractivity contribution is 0.478. The summed E-state index contributed by atoms with van der Waals surface area (Å²) in [6.45, 7) is 0. The molecule has 2 aromatic rings. The number of nitrogen functional groups attached to an aromatic ring is 1. The van der Waals surface area contributed by atoms with Crippen molar-refractivity contribution in [2.24, 2.45) is 0 Å². The molecule has 0 spiro atoms. The van der Waals surface area contributed by atoms with Gasteiger partial charge in [-0.25, -0.2) is 4.39 Å². The number of halogens is 1. The lowest BCUT2D eigenvalue weighted by atomic mass is 10.0. The molecule has 0 saturated heterocycles. The van der Waals surface area contributed by atoms with Crippen LogP contribution in [0.2, 0.25) is 0 Å². The van der Waals surface area contributed by atoms with E-state index in [1.54, 1.807) is 30.3 Å². The van der Waals surface area contributed by atoms with Gasteiger partial charge >= 0.3 is 0 Å². The largest absolute Gasteiger partial charge is 0.506 e. The molecule has 0 aromatic heterocycles. The zero-order valence-electron chi connectivity index (χ0n) is 7.94. The van der Waals surface area contributed by atoms with Gasteiger partial charge in [-0.15, -0.1) is 0 Å². The summed E-state index contributed by atoms with van der Waals surface area (Å²) in [5.41, 5.74) is 6.91. The molecule has 0 fully saturated rings. The molecule has 0 saturated carbocycles. The highest BCUT2D eigenvalue weighted by Crippen LogP contribution is 2.28. The van der Waals surface area contributed by atoms with E-state index in [2.05, 4.69) is 0 Å². The van der Waals surface area contributed by atoms with E-state index in [9.17, 15) is 9.50 Å². The van der Waals surface area contributed by atoms with E-state index in [0.29, 0.717) is 11.1 Å². The fourth-order valence-corrected chi connectivity index (χ4v) is 1.42. The molecule has 0 unspecified atom stereocenters. The monoisotopic (exact) mass is 203 g/mol. The summed E-state index contributed by atoms with van der Waals surface area (Å²) in [6, 6.07) is 11.1. The van der Waals surface area contributed by atoms with E-state index in [0.717, 1.165) is 0 Å². The molecule has 0 aliphatic carbocycles. The van der Waals surface area contributed by atoms with Crippen LogP contribution in [0, 0.1) is 5.82 Å². The van der Waals surface area contributed by atoms with Crippen LogP contribution in [-0.4, -0.2) is 5.11 Å². The molecule has 76 valence electrons. The predicted molar refractivity (Wildman–Crippen MR) is 57.9 cm³/mol. The van der Waals surface area contributed by atoms with Gasteiger partial charge in [0.05, 0.1) is 5.69 Å². The Balaban J connectivity index is 2.55. The van der Waals surface area contributed by atoms with Gasteiger partial charge in [0, 0.05) is 5.56 Å². The Morgan fingerprint density at radius 2 is 1.80 bits per heavy atom. The number of hydrogen-bond acceptors (Lipinski definition) is 2. The molecule has 0 heterocycles. The minimum absolute atomic E-state index is 0.00934. The number of phenolic OH excluding ortho intramolecular Hbond substituents is 1. The first kappa shape index (κ1) is 9.52. The zero-order valence-corrected chi connectivity index (χ0v) is 7.94. The van der Waals surface area contributed by atoms with Crippen molar-refractivity contribution in [1.29, 1.82) is 0 Å². The van der Waals surface area contributed by atoms with Gasteiger partial charge in [-0.05, 0) is 23.8 Å². The first-order chi connectivity index (χ1) is 7.18. The highest BCUT2D eigenvalue weighted by atomic mass is 19.1. The Kier molecular flexibility index (Phi) is 2.29. The van der Waals surface area contributed by atoms with Crippen LogP contribution in [0.1, 0.15) is 0 Å². The average molecular weight is 203 g/mol. The van der Waals surface area contributed by atoms with Crippen LogP contribution < -0.4 is 5.73 Å². The number of rotatable bonds is 1. The van der Waals surface area contributed by atoms with Crippen molar-refractivity contribution in [3.8, 4) is 16.9 Å².